The van der Waals surface area contributed by atoms with Crippen molar-refractivity contribution in [1.29, 1.82) is 0 Å². The van der Waals surface area contributed by atoms with Gasteiger partial charge in [0, 0.05) is 18.0 Å². The molecule has 4 nitrogen and oxygen atoms in total. The third-order valence-corrected chi connectivity index (χ3v) is 3.59. The Bertz CT molecular complexity index is 671. The normalized spacial score (nSPS) is 13.1. The number of nitrogens with zero attached hydrogens (tertiary/aromatic N) is 1. The fraction of sp³-hybridized carbons (Fsp3) is 0.200. The summed E-state index contributed by atoms with van der Waals surface area (Å²) in [6, 6.07) is 4.39. The average Bonchev–Trinajstić information content (AvgIpc) is 2.92. The first-order valence-corrected chi connectivity index (χ1v) is 6.48. The van der Waals surface area contributed by atoms with E-state index >= 15 is 0 Å². The van der Waals surface area contributed by atoms with E-state index in [1.54, 1.807) is 24.5 Å². The quantitative estimate of drug-likeness (QED) is 0.881. The molecule has 0 spiro atoms. The van der Waals surface area contributed by atoms with Crippen molar-refractivity contribution in [3.05, 3.63) is 47.5 Å². The Morgan fingerprint density at radius 2 is 1.95 bits per heavy atom. The zero-order chi connectivity index (χ0) is 14.1. The van der Waals surface area contributed by atoms with Gasteiger partial charge in [-0.2, -0.15) is 0 Å². The smallest absolute Gasteiger partial charge is 0.316 e. The van der Waals surface area contributed by atoms with E-state index < -0.39 is 6.03 Å². The molecule has 5 heteroatoms. The average molecular weight is 271 g/mol. The Morgan fingerprint density at radius 3 is 2.65 bits per heavy atom. The number of urea groups is 1. The number of hydrogen-bond acceptors (Lipinski definition) is 2. The Balaban J connectivity index is 2.23. The molecule has 0 saturated carbocycles. The Hall–Kier alpha value is -2.43. The van der Waals surface area contributed by atoms with Gasteiger partial charge in [0.15, 0.2) is 0 Å². The maximum atomic E-state index is 14.2. The minimum absolute atomic E-state index is 0.223. The van der Waals surface area contributed by atoms with Crippen molar-refractivity contribution < 1.29 is 9.18 Å². The van der Waals surface area contributed by atoms with E-state index in [-0.39, 0.29) is 5.82 Å². The van der Waals surface area contributed by atoms with Crippen molar-refractivity contribution in [3.63, 3.8) is 0 Å². The van der Waals surface area contributed by atoms with Gasteiger partial charge in [-0.15, -0.1) is 0 Å². The van der Waals surface area contributed by atoms with Crippen LogP contribution >= 0.6 is 0 Å². The Labute approximate surface area is 115 Å². The topological polar surface area (TPSA) is 68.0 Å². The van der Waals surface area contributed by atoms with Crippen molar-refractivity contribution in [2.24, 2.45) is 5.73 Å². The molecule has 1 aliphatic carbocycles. The molecule has 20 heavy (non-hydrogen) atoms. The monoisotopic (exact) mass is 271 g/mol. The number of carbonyl (C=O) groups is 1. The molecule has 102 valence electrons. The van der Waals surface area contributed by atoms with Crippen molar-refractivity contribution in [1.82, 2.24) is 4.98 Å². The van der Waals surface area contributed by atoms with Crippen LogP contribution in [0, 0.1) is 5.82 Å². The largest absolute Gasteiger partial charge is 0.351 e. The van der Waals surface area contributed by atoms with Gasteiger partial charge >= 0.3 is 6.03 Å². The number of hydrogen-bond donors (Lipinski definition) is 2. The van der Waals surface area contributed by atoms with Crippen molar-refractivity contribution in [2.45, 2.75) is 19.3 Å². The lowest BCUT2D eigenvalue weighted by molar-refractivity contribution is 0.259. The number of amides is 2. The molecule has 0 aliphatic heterocycles. The van der Waals surface area contributed by atoms with Crippen molar-refractivity contribution in [2.75, 3.05) is 5.32 Å². The van der Waals surface area contributed by atoms with Gasteiger partial charge < -0.3 is 11.1 Å². The first kappa shape index (κ1) is 12.6. The van der Waals surface area contributed by atoms with Crippen molar-refractivity contribution in [3.8, 4) is 11.1 Å². The second-order valence-electron chi connectivity index (χ2n) is 4.82. The number of benzene rings is 1. The first-order valence-electron chi connectivity index (χ1n) is 6.48. The SMILES string of the molecule is NC(=O)Nc1c(-c2ccncc2)cc(F)c2c1CCC2. The van der Waals surface area contributed by atoms with Crippen LogP contribution in [0.15, 0.2) is 30.6 Å². The summed E-state index contributed by atoms with van der Waals surface area (Å²) in [7, 11) is 0. The summed E-state index contributed by atoms with van der Waals surface area (Å²) >= 11 is 0. The molecule has 1 aliphatic rings. The second kappa shape index (κ2) is 4.92. The minimum Gasteiger partial charge on any atom is -0.351 e. The summed E-state index contributed by atoms with van der Waals surface area (Å²) in [6.45, 7) is 0. The molecule has 0 fully saturated rings. The van der Waals surface area contributed by atoms with Gasteiger partial charge in [0.1, 0.15) is 5.82 Å². The van der Waals surface area contributed by atoms with Crippen LogP contribution in [0.3, 0.4) is 0 Å². The van der Waals surface area contributed by atoms with Crippen LogP contribution in [0.5, 0.6) is 0 Å². The number of nitrogens with one attached hydrogen (secondary N) is 1. The van der Waals surface area contributed by atoms with Crippen LogP contribution < -0.4 is 11.1 Å². The van der Waals surface area contributed by atoms with E-state index in [0.717, 1.165) is 24.0 Å². The summed E-state index contributed by atoms with van der Waals surface area (Å²) in [6.07, 6.45) is 5.61. The van der Waals surface area contributed by atoms with Gasteiger partial charge in [0.25, 0.3) is 0 Å². The highest BCUT2D eigenvalue weighted by Crippen LogP contribution is 2.38. The third kappa shape index (κ3) is 2.11. The fourth-order valence-electron chi connectivity index (χ4n) is 2.76. The Morgan fingerprint density at radius 1 is 1.25 bits per heavy atom. The summed E-state index contributed by atoms with van der Waals surface area (Å²) in [4.78, 5) is 15.2. The number of primary amides is 1. The Kier molecular flexibility index (Phi) is 3.10. The summed E-state index contributed by atoms with van der Waals surface area (Å²) in [5.41, 5.74) is 8.86. The summed E-state index contributed by atoms with van der Waals surface area (Å²) in [5, 5.41) is 2.65. The number of anilines is 1. The van der Waals surface area contributed by atoms with E-state index in [2.05, 4.69) is 10.3 Å². The number of rotatable bonds is 2. The van der Waals surface area contributed by atoms with E-state index in [9.17, 15) is 9.18 Å². The standard InChI is InChI=1S/C15H14FN3O/c16-13-8-12(9-4-6-18-7-5-9)14(19-15(17)20)11-3-1-2-10(11)13/h4-8H,1-3H2,(H3,17,19,20). The molecule has 0 unspecified atom stereocenters. The van der Waals surface area contributed by atoms with E-state index in [0.29, 0.717) is 23.2 Å². The first-order chi connectivity index (χ1) is 9.66. The minimum atomic E-state index is -0.638. The van der Waals surface area contributed by atoms with Crippen LogP contribution in [-0.2, 0) is 12.8 Å². The molecule has 3 rings (SSSR count). The van der Waals surface area contributed by atoms with Gasteiger partial charge in [0.05, 0.1) is 5.69 Å². The van der Waals surface area contributed by atoms with Gasteiger partial charge in [-0.1, -0.05) is 0 Å². The molecule has 0 atom stereocenters. The van der Waals surface area contributed by atoms with E-state index in [1.165, 1.54) is 6.07 Å². The molecule has 0 bridgehead atoms. The van der Waals surface area contributed by atoms with Crippen LogP contribution in [-0.4, -0.2) is 11.0 Å². The van der Waals surface area contributed by atoms with E-state index in [1.807, 2.05) is 0 Å². The van der Waals surface area contributed by atoms with Crippen LogP contribution in [0.4, 0.5) is 14.9 Å². The molecular formula is C15H14FN3O. The molecule has 3 N–H and O–H groups in total. The van der Waals surface area contributed by atoms with Crippen LogP contribution in [0.2, 0.25) is 0 Å². The summed E-state index contributed by atoms with van der Waals surface area (Å²) < 4.78 is 14.2. The number of halogens is 1. The molecule has 0 radical (unpaired) electrons. The highest BCUT2D eigenvalue weighted by atomic mass is 19.1. The maximum absolute atomic E-state index is 14.2. The predicted octanol–water partition coefficient (Wildman–Crippen LogP) is 2.87. The highest BCUT2D eigenvalue weighted by molar-refractivity contribution is 5.95. The van der Waals surface area contributed by atoms with Crippen LogP contribution in [0.25, 0.3) is 11.1 Å². The molecule has 1 aromatic carbocycles. The summed E-state index contributed by atoms with van der Waals surface area (Å²) in [5.74, 6) is -0.223. The second-order valence-corrected chi connectivity index (χ2v) is 4.82. The highest BCUT2D eigenvalue weighted by Gasteiger charge is 2.23. The van der Waals surface area contributed by atoms with Gasteiger partial charge in [-0.05, 0) is 54.2 Å². The predicted molar refractivity (Wildman–Crippen MR) is 74.9 cm³/mol. The molecule has 2 aromatic rings. The number of pyridine rings is 1. The van der Waals surface area contributed by atoms with Crippen LogP contribution in [0.1, 0.15) is 17.5 Å². The number of carbonyl (C=O) groups excluding carboxylic acids is 1. The zero-order valence-corrected chi connectivity index (χ0v) is 10.8. The lowest BCUT2D eigenvalue weighted by Gasteiger charge is -2.15. The van der Waals surface area contributed by atoms with E-state index in [4.69, 9.17) is 5.73 Å². The fourth-order valence-corrected chi connectivity index (χ4v) is 2.76. The lowest BCUT2D eigenvalue weighted by atomic mass is 9.97. The molecule has 0 saturated heterocycles. The number of nitrogens with two attached hydrogens (primary N) is 1. The lowest BCUT2D eigenvalue weighted by Crippen LogP contribution is -2.21. The number of aromatic nitrogens is 1. The number of fused-ring (bicyclic) bond motifs is 1. The maximum Gasteiger partial charge on any atom is 0.316 e. The van der Waals surface area contributed by atoms with Crippen molar-refractivity contribution >= 4 is 11.7 Å². The zero-order valence-electron chi connectivity index (χ0n) is 10.8. The van der Waals surface area contributed by atoms with Gasteiger partial charge in [0.2, 0.25) is 0 Å². The van der Waals surface area contributed by atoms with Gasteiger partial charge in [-0.25, -0.2) is 9.18 Å². The molecule has 1 heterocycles. The third-order valence-electron chi connectivity index (χ3n) is 3.59. The molecular weight excluding hydrogens is 257 g/mol. The molecule has 1 aromatic heterocycles. The molecule has 2 amide bonds. The van der Waals surface area contributed by atoms with Gasteiger partial charge in [-0.3, -0.25) is 4.98 Å².